The molecule has 8 heteroatoms. The van der Waals surface area contributed by atoms with E-state index in [1.807, 2.05) is 55.4 Å². The van der Waals surface area contributed by atoms with Crippen LogP contribution < -0.4 is 15.6 Å². The largest absolute Gasteiger partial charge is 0.378 e. The molecule has 31 heavy (non-hydrogen) atoms. The molecule has 2 amide bonds. The SMILES string of the molecule is CN(C)c1ccc(C2Nc3ccc(Br)cc3C(=O)N2NC(=O)c2ccc(Cl)cc2)cc1. The van der Waals surface area contributed by atoms with Gasteiger partial charge < -0.3 is 10.2 Å². The summed E-state index contributed by atoms with van der Waals surface area (Å²) >= 11 is 9.34. The molecule has 3 aromatic rings. The predicted octanol–water partition coefficient (Wildman–Crippen LogP) is 5.08. The molecule has 0 saturated heterocycles. The third-order valence-electron chi connectivity index (χ3n) is 5.03. The third-order valence-corrected chi connectivity index (χ3v) is 5.78. The van der Waals surface area contributed by atoms with Crippen LogP contribution in [-0.4, -0.2) is 30.9 Å². The molecule has 1 unspecified atom stereocenters. The first-order valence-corrected chi connectivity index (χ1v) is 10.7. The number of carbonyl (C=O) groups is 2. The first-order chi connectivity index (χ1) is 14.8. The normalized spacial score (nSPS) is 15.2. The summed E-state index contributed by atoms with van der Waals surface area (Å²) in [7, 11) is 3.92. The molecule has 0 bridgehead atoms. The number of rotatable bonds is 4. The van der Waals surface area contributed by atoms with Gasteiger partial charge in [0.15, 0.2) is 0 Å². The number of hydrogen-bond acceptors (Lipinski definition) is 4. The Morgan fingerprint density at radius 3 is 2.39 bits per heavy atom. The number of hydrogen-bond donors (Lipinski definition) is 2. The second kappa shape index (κ2) is 8.61. The summed E-state index contributed by atoms with van der Waals surface area (Å²) in [5.41, 5.74) is 6.20. The van der Waals surface area contributed by atoms with Gasteiger partial charge in [0.1, 0.15) is 6.17 Å². The van der Waals surface area contributed by atoms with E-state index in [4.69, 9.17) is 11.6 Å². The van der Waals surface area contributed by atoms with Crippen molar-refractivity contribution in [3.05, 3.63) is 92.9 Å². The van der Waals surface area contributed by atoms with E-state index >= 15 is 0 Å². The molecule has 2 N–H and O–H groups in total. The minimum Gasteiger partial charge on any atom is -0.378 e. The van der Waals surface area contributed by atoms with Gasteiger partial charge in [-0.2, -0.15) is 0 Å². The van der Waals surface area contributed by atoms with E-state index in [1.165, 1.54) is 5.01 Å². The number of halogens is 2. The average Bonchev–Trinajstić information content (AvgIpc) is 2.76. The molecule has 0 aliphatic carbocycles. The predicted molar refractivity (Wildman–Crippen MR) is 126 cm³/mol. The van der Waals surface area contributed by atoms with Gasteiger partial charge in [-0.05, 0) is 60.2 Å². The van der Waals surface area contributed by atoms with Crippen molar-refractivity contribution in [1.82, 2.24) is 10.4 Å². The fourth-order valence-electron chi connectivity index (χ4n) is 3.36. The number of carbonyl (C=O) groups excluding carboxylic acids is 2. The Morgan fingerprint density at radius 1 is 1.06 bits per heavy atom. The molecule has 1 aliphatic rings. The highest BCUT2D eigenvalue weighted by Crippen LogP contribution is 2.34. The van der Waals surface area contributed by atoms with Crippen LogP contribution in [0.25, 0.3) is 0 Å². The van der Waals surface area contributed by atoms with E-state index in [0.717, 1.165) is 15.7 Å². The van der Waals surface area contributed by atoms with Crippen molar-refractivity contribution in [3.63, 3.8) is 0 Å². The Balaban J connectivity index is 1.71. The lowest BCUT2D eigenvalue weighted by Crippen LogP contribution is -2.52. The molecule has 3 aromatic carbocycles. The molecule has 6 nitrogen and oxygen atoms in total. The quantitative estimate of drug-likeness (QED) is 0.525. The molecule has 1 heterocycles. The highest BCUT2D eigenvalue weighted by molar-refractivity contribution is 9.10. The molecule has 1 aliphatic heterocycles. The van der Waals surface area contributed by atoms with E-state index < -0.39 is 12.1 Å². The Bertz CT molecular complexity index is 1130. The van der Waals surface area contributed by atoms with Crippen LogP contribution in [0.15, 0.2) is 71.2 Å². The van der Waals surface area contributed by atoms with Gasteiger partial charge in [-0.15, -0.1) is 0 Å². The number of amides is 2. The zero-order chi connectivity index (χ0) is 22.1. The molecule has 4 rings (SSSR count). The standard InChI is InChI=1S/C23H20BrClN4O2/c1-28(2)18-10-5-14(6-11-18)21-26-20-12-7-16(24)13-19(20)23(31)29(21)27-22(30)15-3-8-17(25)9-4-15/h3-13,21,26H,1-2H3,(H,27,30). The second-order valence-electron chi connectivity index (χ2n) is 7.35. The van der Waals surface area contributed by atoms with Crippen LogP contribution in [0, 0.1) is 0 Å². The number of nitrogens with zero attached hydrogens (tertiary/aromatic N) is 2. The summed E-state index contributed by atoms with van der Waals surface area (Å²) in [6.45, 7) is 0. The van der Waals surface area contributed by atoms with Gasteiger partial charge in [-0.25, -0.2) is 5.01 Å². The number of fused-ring (bicyclic) bond motifs is 1. The summed E-state index contributed by atoms with van der Waals surface area (Å²) in [6.07, 6.45) is -0.575. The van der Waals surface area contributed by atoms with Gasteiger partial charge in [0.05, 0.1) is 5.56 Å². The first-order valence-electron chi connectivity index (χ1n) is 9.57. The zero-order valence-corrected chi connectivity index (χ0v) is 19.2. The number of benzene rings is 3. The molecular formula is C23H20BrClN4O2. The highest BCUT2D eigenvalue weighted by Gasteiger charge is 2.34. The average molecular weight is 500 g/mol. The Hall–Kier alpha value is -3.03. The molecule has 0 fully saturated rings. The number of anilines is 2. The monoisotopic (exact) mass is 498 g/mol. The van der Waals surface area contributed by atoms with E-state index in [0.29, 0.717) is 21.8 Å². The van der Waals surface area contributed by atoms with Gasteiger partial charge in [-0.1, -0.05) is 39.7 Å². The maximum Gasteiger partial charge on any atom is 0.276 e. The van der Waals surface area contributed by atoms with Gasteiger partial charge in [0.2, 0.25) is 0 Å². The lowest BCUT2D eigenvalue weighted by Gasteiger charge is -2.38. The van der Waals surface area contributed by atoms with Crippen molar-refractivity contribution >= 4 is 50.7 Å². The smallest absolute Gasteiger partial charge is 0.276 e. The van der Waals surface area contributed by atoms with Crippen LogP contribution in [0.4, 0.5) is 11.4 Å². The van der Waals surface area contributed by atoms with Crippen LogP contribution >= 0.6 is 27.5 Å². The second-order valence-corrected chi connectivity index (χ2v) is 8.70. The minimum absolute atomic E-state index is 0.306. The summed E-state index contributed by atoms with van der Waals surface area (Å²) in [5.74, 6) is -0.709. The molecule has 1 atom stereocenters. The van der Waals surface area contributed by atoms with Crippen molar-refractivity contribution in [2.24, 2.45) is 0 Å². The van der Waals surface area contributed by atoms with Crippen LogP contribution in [-0.2, 0) is 0 Å². The van der Waals surface area contributed by atoms with Crippen molar-refractivity contribution in [2.75, 3.05) is 24.3 Å². The molecule has 0 saturated carbocycles. The highest BCUT2D eigenvalue weighted by atomic mass is 79.9. The van der Waals surface area contributed by atoms with Crippen molar-refractivity contribution in [2.45, 2.75) is 6.17 Å². The zero-order valence-electron chi connectivity index (χ0n) is 16.9. The van der Waals surface area contributed by atoms with Crippen LogP contribution in [0.3, 0.4) is 0 Å². The number of nitrogens with one attached hydrogen (secondary N) is 2. The maximum absolute atomic E-state index is 13.4. The first kappa shape index (κ1) is 21.2. The number of hydrazine groups is 1. The van der Waals surface area contributed by atoms with Crippen LogP contribution in [0.1, 0.15) is 32.4 Å². The molecule has 0 radical (unpaired) electrons. The van der Waals surface area contributed by atoms with E-state index in [2.05, 4.69) is 26.7 Å². The lowest BCUT2D eigenvalue weighted by molar-refractivity contribution is 0.0491. The molecule has 158 valence electrons. The van der Waals surface area contributed by atoms with Gasteiger partial charge in [0.25, 0.3) is 11.8 Å². The van der Waals surface area contributed by atoms with Crippen molar-refractivity contribution in [1.29, 1.82) is 0 Å². The fourth-order valence-corrected chi connectivity index (χ4v) is 3.84. The summed E-state index contributed by atoms with van der Waals surface area (Å²) in [6, 6.07) is 19.8. The van der Waals surface area contributed by atoms with E-state index in [9.17, 15) is 9.59 Å². The summed E-state index contributed by atoms with van der Waals surface area (Å²) < 4.78 is 0.777. The minimum atomic E-state index is -0.575. The van der Waals surface area contributed by atoms with Gasteiger partial charge in [-0.3, -0.25) is 15.0 Å². The molecule has 0 spiro atoms. The molecular weight excluding hydrogens is 480 g/mol. The Labute approximate surface area is 193 Å². The van der Waals surface area contributed by atoms with Crippen molar-refractivity contribution < 1.29 is 9.59 Å². The van der Waals surface area contributed by atoms with E-state index in [-0.39, 0.29) is 5.91 Å². The Morgan fingerprint density at radius 2 is 1.74 bits per heavy atom. The van der Waals surface area contributed by atoms with E-state index in [1.54, 1.807) is 30.3 Å². The van der Waals surface area contributed by atoms with Crippen LogP contribution in [0.2, 0.25) is 5.02 Å². The Kier molecular flexibility index (Phi) is 5.89. The van der Waals surface area contributed by atoms with Crippen molar-refractivity contribution in [3.8, 4) is 0 Å². The third kappa shape index (κ3) is 4.38. The lowest BCUT2D eigenvalue weighted by atomic mass is 10.0. The van der Waals surface area contributed by atoms with Crippen LogP contribution in [0.5, 0.6) is 0 Å². The summed E-state index contributed by atoms with van der Waals surface area (Å²) in [4.78, 5) is 28.2. The fraction of sp³-hybridized carbons (Fsp3) is 0.130. The van der Waals surface area contributed by atoms with Gasteiger partial charge >= 0.3 is 0 Å². The topological polar surface area (TPSA) is 64.7 Å². The molecule has 0 aromatic heterocycles. The maximum atomic E-state index is 13.4. The summed E-state index contributed by atoms with van der Waals surface area (Å²) in [5, 5.41) is 5.23. The van der Waals surface area contributed by atoms with Gasteiger partial charge in [0, 0.05) is 40.5 Å².